The number of allylic oxidation sites excluding steroid dienone is 1. The van der Waals surface area contributed by atoms with Gasteiger partial charge in [-0.3, -0.25) is 4.79 Å². The number of benzene rings is 1. The predicted molar refractivity (Wildman–Crippen MR) is 80.0 cm³/mol. The zero-order valence-corrected chi connectivity index (χ0v) is 12.6. The number of cyclic esters (lactones) is 1. The van der Waals surface area contributed by atoms with Crippen LogP contribution in [0.2, 0.25) is 0 Å². The molecule has 0 amide bonds. The molecule has 1 aliphatic heterocycles. The van der Waals surface area contributed by atoms with Crippen LogP contribution in [0.15, 0.2) is 41.0 Å². The molecule has 0 saturated carbocycles. The Bertz CT molecular complexity index is 784. The number of ketones is 1. The number of carbonyl (C=O) groups is 2. The fourth-order valence-electron chi connectivity index (χ4n) is 3.92. The van der Waals surface area contributed by atoms with Crippen LogP contribution in [-0.4, -0.2) is 25.5 Å². The topological polar surface area (TPSA) is 52.6 Å². The van der Waals surface area contributed by atoms with Gasteiger partial charge < -0.3 is 9.47 Å². The third kappa shape index (κ3) is 1.52. The molecule has 0 saturated heterocycles. The average molecular weight is 296 g/mol. The van der Waals surface area contributed by atoms with Crippen LogP contribution in [0.4, 0.5) is 0 Å². The van der Waals surface area contributed by atoms with Gasteiger partial charge in [0.05, 0.1) is 12.7 Å². The van der Waals surface area contributed by atoms with Crippen molar-refractivity contribution in [2.24, 2.45) is 0 Å². The Balaban J connectivity index is 1.97. The summed E-state index contributed by atoms with van der Waals surface area (Å²) in [5.74, 6) is 0.312. The molecule has 3 aliphatic rings. The molecule has 4 heteroatoms. The molecular formula is C18H16O4. The van der Waals surface area contributed by atoms with Crippen LogP contribution in [0.25, 0.3) is 0 Å². The van der Waals surface area contributed by atoms with Crippen molar-refractivity contribution in [3.8, 4) is 5.75 Å². The standard InChI is InChI=1S/C18H16O4/c1-18-7-6-10-11(9-22-17(10)20)13(18)8-14(19)16-12(18)4-3-5-15(16)21-2/h3-5,8H,6-7,9H2,1-2H3/t18-/m1/s1. The van der Waals surface area contributed by atoms with Crippen molar-refractivity contribution in [3.63, 3.8) is 0 Å². The van der Waals surface area contributed by atoms with Crippen LogP contribution in [-0.2, 0) is 14.9 Å². The number of methoxy groups -OCH3 is 1. The van der Waals surface area contributed by atoms with Gasteiger partial charge in [0, 0.05) is 16.6 Å². The number of carbonyl (C=O) groups excluding carboxylic acids is 2. The van der Waals surface area contributed by atoms with E-state index in [0.717, 1.165) is 28.7 Å². The molecule has 1 aromatic rings. The fourth-order valence-corrected chi connectivity index (χ4v) is 3.92. The van der Waals surface area contributed by atoms with Gasteiger partial charge in [-0.05, 0) is 36.1 Å². The molecule has 112 valence electrons. The molecule has 22 heavy (non-hydrogen) atoms. The van der Waals surface area contributed by atoms with Crippen molar-refractivity contribution in [1.82, 2.24) is 0 Å². The van der Waals surface area contributed by atoms with Gasteiger partial charge in [0.1, 0.15) is 12.4 Å². The maximum absolute atomic E-state index is 12.6. The maximum atomic E-state index is 12.6. The summed E-state index contributed by atoms with van der Waals surface area (Å²) in [4.78, 5) is 24.4. The van der Waals surface area contributed by atoms with Crippen molar-refractivity contribution in [1.29, 1.82) is 0 Å². The number of hydrogen-bond acceptors (Lipinski definition) is 4. The molecule has 0 unspecified atom stereocenters. The van der Waals surface area contributed by atoms with Gasteiger partial charge in [-0.2, -0.15) is 0 Å². The SMILES string of the molecule is COc1cccc2c1C(=O)C=C1C3=C(CC[C@@]12C)C(=O)OC3. The summed E-state index contributed by atoms with van der Waals surface area (Å²) < 4.78 is 10.5. The van der Waals surface area contributed by atoms with Gasteiger partial charge in [0.2, 0.25) is 0 Å². The first-order valence-corrected chi connectivity index (χ1v) is 7.40. The Kier molecular flexibility index (Phi) is 2.61. The summed E-state index contributed by atoms with van der Waals surface area (Å²) in [6.45, 7) is 2.41. The van der Waals surface area contributed by atoms with Crippen LogP contribution >= 0.6 is 0 Å². The summed E-state index contributed by atoms with van der Waals surface area (Å²) in [5.41, 5.74) is 3.93. The Hall–Kier alpha value is -2.36. The Morgan fingerprint density at radius 3 is 2.82 bits per heavy atom. The van der Waals surface area contributed by atoms with Crippen molar-refractivity contribution >= 4 is 11.8 Å². The highest BCUT2D eigenvalue weighted by Gasteiger charge is 2.46. The van der Waals surface area contributed by atoms with E-state index < -0.39 is 0 Å². The molecule has 4 rings (SSSR count). The molecule has 0 fully saturated rings. The first-order chi connectivity index (χ1) is 10.6. The first kappa shape index (κ1) is 13.3. The molecule has 0 bridgehead atoms. The largest absolute Gasteiger partial charge is 0.496 e. The van der Waals surface area contributed by atoms with Crippen LogP contribution < -0.4 is 4.74 Å². The van der Waals surface area contributed by atoms with Gasteiger partial charge in [-0.15, -0.1) is 0 Å². The lowest BCUT2D eigenvalue weighted by Crippen LogP contribution is -2.35. The van der Waals surface area contributed by atoms with Crippen LogP contribution in [0.3, 0.4) is 0 Å². The van der Waals surface area contributed by atoms with Gasteiger partial charge in [0.25, 0.3) is 0 Å². The summed E-state index contributed by atoms with van der Waals surface area (Å²) in [7, 11) is 1.58. The lowest BCUT2D eigenvalue weighted by atomic mass is 9.61. The Morgan fingerprint density at radius 2 is 2.05 bits per heavy atom. The molecule has 0 N–H and O–H groups in total. The normalized spacial score (nSPS) is 26.0. The number of hydrogen-bond donors (Lipinski definition) is 0. The van der Waals surface area contributed by atoms with E-state index >= 15 is 0 Å². The average Bonchev–Trinajstić information content (AvgIpc) is 2.90. The molecule has 1 heterocycles. The molecule has 2 aliphatic carbocycles. The van der Waals surface area contributed by atoms with Crippen LogP contribution in [0.5, 0.6) is 5.75 Å². The van der Waals surface area contributed by atoms with E-state index in [4.69, 9.17) is 9.47 Å². The fraction of sp³-hybridized carbons (Fsp3) is 0.333. The second-order valence-corrected chi connectivity index (χ2v) is 6.17. The molecule has 0 aromatic heterocycles. The first-order valence-electron chi connectivity index (χ1n) is 7.40. The highest BCUT2D eigenvalue weighted by atomic mass is 16.5. The second-order valence-electron chi connectivity index (χ2n) is 6.17. The molecule has 1 atom stereocenters. The smallest absolute Gasteiger partial charge is 0.334 e. The summed E-state index contributed by atoms with van der Waals surface area (Å²) in [6.07, 6.45) is 3.15. The molecule has 1 aromatic carbocycles. The van der Waals surface area contributed by atoms with Crippen LogP contribution in [0.1, 0.15) is 35.7 Å². The predicted octanol–water partition coefficient (Wildman–Crippen LogP) is 2.72. The van der Waals surface area contributed by atoms with Crippen LogP contribution in [0, 0.1) is 0 Å². The van der Waals surface area contributed by atoms with Crippen molar-refractivity contribution in [3.05, 3.63) is 52.1 Å². The maximum Gasteiger partial charge on any atom is 0.334 e. The molecule has 0 radical (unpaired) electrons. The van der Waals surface area contributed by atoms with E-state index in [1.54, 1.807) is 13.2 Å². The highest BCUT2D eigenvalue weighted by Crippen LogP contribution is 2.51. The lowest BCUT2D eigenvalue weighted by molar-refractivity contribution is -0.136. The highest BCUT2D eigenvalue weighted by molar-refractivity contribution is 6.11. The third-order valence-electron chi connectivity index (χ3n) is 5.12. The van der Waals surface area contributed by atoms with E-state index in [-0.39, 0.29) is 23.8 Å². The summed E-state index contributed by atoms with van der Waals surface area (Å²) in [5, 5.41) is 0. The van der Waals surface area contributed by atoms with E-state index in [1.807, 2.05) is 18.2 Å². The van der Waals surface area contributed by atoms with Crippen molar-refractivity contribution < 1.29 is 19.1 Å². The van der Waals surface area contributed by atoms with E-state index in [1.165, 1.54) is 0 Å². The lowest BCUT2D eigenvalue weighted by Gasteiger charge is -2.40. The van der Waals surface area contributed by atoms with Crippen molar-refractivity contribution in [2.75, 3.05) is 13.7 Å². The monoisotopic (exact) mass is 296 g/mol. The number of fused-ring (bicyclic) bond motifs is 4. The van der Waals surface area contributed by atoms with Gasteiger partial charge in [0.15, 0.2) is 5.78 Å². The third-order valence-corrected chi connectivity index (χ3v) is 5.12. The minimum absolute atomic E-state index is 0.0620. The number of esters is 1. The zero-order chi connectivity index (χ0) is 15.5. The molecular weight excluding hydrogens is 280 g/mol. The van der Waals surface area contributed by atoms with E-state index in [9.17, 15) is 9.59 Å². The molecule has 0 spiro atoms. The number of ether oxygens (including phenoxy) is 2. The van der Waals surface area contributed by atoms with Gasteiger partial charge >= 0.3 is 5.97 Å². The number of rotatable bonds is 1. The Labute approximate surface area is 128 Å². The van der Waals surface area contributed by atoms with E-state index in [0.29, 0.717) is 17.7 Å². The van der Waals surface area contributed by atoms with Gasteiger partial charge in [-0.25, -0.2) is 4.79 Å². The minimum atomic E-state index is -0.273. The summed E-state index contributed by atoms with van der Waals surface area (Å²) in [6, 6.07) is 5.72. The second kappa shape index (κ2) is 4.32. The molecule has 4 nitrogen and oxygen atoms in total. The van der Waals surface area contributed by atoms with Gasteiger partial charge in [-0.1, -0.05) is 19.1 Å². The van der Waals surface area contributed by atoms with Crippen molar-refractivity contribution in [2.45, 2.75) is 25.2 Å². The summed E-state index contributed by atoms with van der Waals surface area (Å²) >= 11 is 0. The minimum Gasteiger partial charge on any atom is -0.496 e. The quantitative estimate of drug-likeness (QED) is 0.748. The Morgan fingerprint density at radius 1 is 1.23 bits per heavy atom. The van der Waals surface area contributed by atoms with E-state index in [2.05, 4.69) is 6.92 Å². The zero-order valence-electron chi connectivity index (χ0n) is 12.6.